The third-order valence-corrected chi connectivity index (χ3v) is 3.00. The molecule has 0 heterocycles. The van der Waals surface area contributed by atoms with Crippen LogP contribution >= 0.6 is 0 Å². The van der Waals surface area contributed by atoms with Crippen LogP contribution in [0, 0.1) is 6.92 Å². The average Bonchev–Trinajstić information content (AvgIpc) is 2.47. The summed E-state index contributed by atoms with van der Waals surface area (Å²) >= 11 is 0. The molecule has 0 aliphatic rings. The summed E-state index contributed by atoms with van der Waals surface area (Å²) < 4.78 is 5.02. The Balaban J connectivity index is 2.44. The molecule has 0 atom stereocenters. The highest BCUT2D eigenvalue weighted by atomic mass is 16.5. The van der Waals surface area contributed by atoms with E-state index in [0.717, 1.165) is 16.7 Å². The SMILES string of the molecule is CCOC(=O)/C=C(\c1ccccc1)c1ccc(C)cc1. The van der Waals surface area contributed by atoms with E-state index in [4.69, 9.17) is 4.74 Å². The molecule has 0 N–H and O–H groups in total. The maximum atomic E-state index is 11.8. The molecule has 0 radical (unpaired) electrons. The van der Waals surface area contributed by atoms with E-state index < -0.39 is 0 Å². The molecule has 0 saturated carbocycles. The lowest BCUT2D eigenvalue weighted by Gasteiger charge is -2.09. The van der Waals surface area contributed by atoms with Crippen molar-refractivity contribution in [2.75, 3.05) is 6.61 Å². The lowest BCUT2D eigenvalue weighted by molar-refractivity contribution is -0.137. The molecular formula is C18H18O2. The van der Waals surface area contributed by atoms with Gasteiger partial charge in [-0.25, -0.2) is 4.79 Å². The number of benzene rings is 2. The Hall–Kier alpha value is -2.35. The second-order valence-electron chi connectivity index (χ2n) is 4.54. The first-order valence-corrected chi connectivity index (χ1v) is 6.71. The van der Waals surface area contributed by atoms with E-state index in [1.54, 1.807) is 13.0 Å². The molecule has 0 saturated heterocycles. The Bertz CT molecular complexity index is 595. The van der Waals surface area contributed by atoms with Crippen LogP contribution in [0.25, 0.3) is 5.57 Å². The minimum absolute atomic E-state index is 0.313. The van der Waals surface area contributed by atoms with Crippen molar-refractivity contribution in [2.45, 2.75) is 13.8 Å². The van der Waals surface area contributed by atoms with E-state index >= 15 is 0 Å². The predicted molar refractivity (Wildman–Crippen MR) is 81.3 cm³/mol. The molecule has 0 aliphatic carbocycles. The van der Waals surface area contributed by atoms with Crippen molar-refractivity contribution in [3.05, 3.63) is 77.4 Å². The van der Waals surface area contributed by atoms with Gasteiger partial charge in [-0.3, -0.25) is 0 Å². The molecule has 0 unspecified atom stereocenters. The van der Waals surface area contributed by atoms with Gasteiger partial charge in [0.25, 0.3) is 0 Å². The largest absolute Gasteiger partial charge is 0.463 e. The number of carbonyl (C=O) groups excluding carboxylic acids is 1. The van der Waals surface area contributed by atoms with Gasteiger partial charge in [-0.2, -0.15) is 0 Å². The molecule has 0 amide bonds. The maximum absolute atomic E-state index is 11.8. The minimum Gasteiger partial charge on any atom is -0.463 e. The highest BCUT2D eigenvalue weighted by Gasteiger charge is 2.08. The van der Waals surface area contributed by atoms with Gasteiger partial charge in [-0.05, 0) is 30.5 Å². The Labute approximate surface area is 119 Å². The van der Waals surface area contributed by atoms with Crippen molar-refractivity contribution in [3.63, 3.8) is 0 Å². The van der Waals surface area contributed by atoms with Gasteiger partial charge in [0.15, 0.2) is 0 Å². The lowest BCUT2D eigenvalue weighted by atomic mass is 9.97. The molecule has 2 rings (SSSR count). The number of hydrogen-bond donors (Lipinski definition) is 0. The average molecular weight is 266 g/mol. The number of ether oxygens (including phenoxy) is 1. The van der Waals surface area contributed by atoms with Crippen molar-refractivity contribution >= 4 is 11.5 Å². The first-order valence-electron chi connectivity index (χ1n) is 6.71. The monoisotopic (exact) mass is 266 g/mol. The second-order valence-corrected chi connectivity index (χ2v) is 4.54. The van der Waals surface area contributed by atoms with Crippen LogP contribution in [0.1, 0.15) is 23.6 Å². The van der Waals surface area contributed by atoms with Gasteiger partial charge in [0.2, 0.25) is 0 Å². The zero-order chi connectivity index (χ0) is 14.4. The van der Waals surface area contributed by atoms with Crippen molar-refractivity contribution in [1.29, 1.82) is 0 Å². The van der Waals surface area contributed by atoms with Crippen LogP contribution in [-0.4, -0.2) is 12.6 Å². The van der Waals surface area contributed by atoms with Crippen molar-refractivity contribution in [2.24, 2.45) is 0 Å². The zero-order valence-electron chi connectivity index (χ0n) is 11.8. The van der Waals surface area contributed by atoms with Gasteiger partial charge in [-0.15, -0.1) is 0 Å². The smallest absolute Gasteiger partial charge is 0.331 e. The fourth-order valence-electron chi connectivity index (χ4n) is 1.99. The summed E-state index contributed by atoms with van der Waals surface area (Å²) in [4.78, 5) is 11.8. The van der Waals surface area contributed by atoms with Crippen LogP contribution in [0.3, 0.4) is 0 Å². The van der Waals surface area contributed by atoms with Crippen LogP contribution in [0.5, 0.6) is 0 Å². The molecule has 0 aliphatic heterocycles. The van der Waals surface area contributed by atoms with Gasteiger partial charge in [0.05, 0.1) is 6.61 Å². The Morgan fingerprint density at radius 2 is 1.60 bits per heavy atom. The standard InChI is InChI=1S/C18H18O2/c1-3-20-18(19)13-17(15-7-5-4-6-8-15)16-11-9-14(2)10-12-16/h4-13H,3H2,1-2H3/b17-13+. The minimum atomic E-state index is -0.313. The van der Waals surface area contributed by atoms with Crippen molar-refractivity contribution < 1.29 is 9.53 Å². The fourth-order valence-corrected chi connectivity index (χ4v) is 1.99. The summed E-state index contributed by atoms with van der Waals surface area (Å²) in [5.41, 5.74) is 4.08. The van der Waals surface area contributed by atoms with Gasteiger partial charge in [0, 0.05) is 6.08 Å². The molecule has 20 heavy (non-hydrogen) atoms. The van der Waals surface area contributed by atoms with Crippen molar-refractivity contribution in [1.82, 2.24) is 0 Å². The highest BCUT2D eigenvalue weighted by molar-refractivity contribution is 5.96. The van der Waals surface area contributed by atoms with Gasteiger partial charge >= 0.3 is 5.97 Å². The first-order chi connectivity index (χ1) is 9.70. The molecule has 102 valence electrons. The number of aryl methyl sites for hydroxylation is 1. The Morgan fingerprint density at radius 1 is 1.00 bits per heavy atom. The number of rotatable bonds is 4. The van der Waals surface area contributed by atoms with Crippen LogP contribution in [0.2, 0.25) is 0 Å². The van der Waals surface area contributed by atoms with Crippen LogP contribution in [0.4, 0.5) is 0 Å². The molecule has 0 fully saturated rings. The van der Waals surface area contributed by atoms with E-state index in [-0.39, 0.29) is 5.97 Å². The summed E-state index contributed by atoms with van der Waals surface area (Å²) in [7, 11) is 0. The summed E-state index contributed by atoms with van der Waals surface area (Å²) in [6.45, 7) is 4.23. The van der Waals surface area contributed by atoms with E-state index in [1.165, 1.54) is 5.56 Å². The number of esters is 1. The van der Waals surface area contributed by atoms with Crippen molar-refractivity contribution in [3.8, 4) is 0 Å². The predicted octanol–water partition coefficient (Wildman–Crippen LogP) is 3.99. The van der Waals surface area contributed by atoms with E-state index in [1.807, 2.05) is 61.5 Å². The molecule has 0 bridgehead atoms. The summed E-state index contributed by atoms with van der Waals surface area (Å²) in [5.74, 6) is -0.313. The maximum Gasteiger partial charge on any atom is 0.331 e. The quantitative estimate of drug-likeness (QED) is 0.618. The normalized spacial score (nSPS) is 11.2. The van der Waals surface area contributed by atoms with Crippen LogP contribution in [0.15, 0.2) is 60.7 Å². The third kappa shape index (κ3) is 3.58. The molecule has 2 aromatic rings. The summed E-state index contributed by atoms with van der Waals surface area (Å²) in [6, 6.07) is 18.0. The molecule has 2 heteroatoms. The summed E-state index contributed by atoms with van der Waals surface area (Å²) in [6.07, 6.45) is 1.56. The molecule has 2 aromatic carbocycles. The third-order valence-electron chi connectivity index (χ3n) is 3.00. The fraction of sp³-hybridized carbons (Fsp3) is 0.167. The topological polar surface area (TPSA) is 26.3 Å². The number of carbonyl (C=O) groups is 1. The molecular weight excluding hydrogens is 248 g/mol. The van der Waals surface area contributed by atoms with Gasteiger partial charge in [-0.1, -0.05) is 60.2 Å². The van der Waals surface area contributed by atoms with Gasteiger partial charge < -0.3 is 4.74 Å². The van der Waals surface area contributed by atoms with E-state index in [0.29, 0.717) is 6.61 Å². The molecule has 0 aromatic heterocycles. The van der Waals surface area contributed by atoms with Gasteiger partial charge in [0.1, 0.15) is 0 Å². The highest BCUT2D eigenvalue weighted by Crippen LogP contribution is 2.23. The van der Waals surface area contributed by atoms with Crippen LogP contribution in [-0.2, 0) is 9.53 Å². The van der Waals surface area contributed by atoms with E-state index in [2.05, 4.69) is 0 Å². The van der Waals surface area contributed by atoms with E-state index in [9.17, 15) is 4.79 Å². The summed E-state index contributed by atoms with van der Waals surface area (Å²) in [5, 5.41) is 0. The Kier molecular flexibility index (Phi) is 4.72. The lowest BCUT2D eigenvalue weighted by Crippen LogP contribution is -2.01. The second kappa shape index (κ2) is 6.71. The first kappa shape index (κ1) is 14.1. The zero-order valence-corrected chi connectivity index (χ0v) is 11.8. The molecule has 0 spiro atoms. The molecule has 2 nitrogen and oxygen atoms in total. The number of hydrogen-bond acceptors (Lipinski definition) is 2. The van der Waals surface area contributed by atoms with Crippen LogP contribution < -0.4 is 0 Å². The Morgan fingerprint density at radius 3 is 2.20 bits per heavy atom.